The Balaban J connectivity index is 1.96. The maximum atomic E-state index is 6.25. The van der Waals surface area contributed by atoms with E-state index in [4.69, 9.17) is 23.2 Å². The van der Waals surface area contributed by atoms with E-state index in [9.17, 15) is 0 Å². The van der Waals surface area contributed by atoms with E-state index in [0.29, 0.717) is 6.04 Å². The molecule has 0 radical (unpaired) electrons. The van der Waals surface area contributed by atoms with Gasteiger partial charge in [-0.05, 0) is 49.4 Å². The van der Waals surface area contributed by atoms with Gasteiger partial charge < -0.3 is 5.32 Å². The molecular weight excluding hydrogens is 265 g/mol. The molecule has 100 valence electrons. The zero-order valence-electron chi connectivity index (χ0n) is 10.9. The first-order chi connectivity index (χ1) is 8.69. The molecule has 2 unspecified atom stereocenters. The second-order valence-corrected chi connectivity index (χ2v) is 6.07. The second kappa shape index (κ2) is 6.79. The van der Waals surface area contributed by atoms with E-state index < -0.39 is 0 Å². The van der Waals surface area contributed by atoms with Crippen LogP contribution in [0.15, 0.2) is 18.2 Å². The van der Waals surface area contributed by atoms with Crippen molar-refractivity contribution < 1.29 is 0 Å². The van der Waals surface area contributed by atoms with Crippen molar-refractivity contribution in [2.24, 2.45) is 5.92 Å². The maximum absolute atomic E-state index is 6.25. The third-order valence-electron chi connectivity index (χ3n) is 3.80. The van der Waals surface area contributed by atoms with Crippen LogP contribution in [0.4, 0.5) is 0 Å². The molecule has 0 saturated heterocycles. The summed E-state index contributed by atoms with van der Waals surface area (Å²) >= 11 is 12.2. The van der Waals surface area contributed by atoms with E-state index in [1.807, 2.05) is 12.1 Å². The lowest BCUT2D eigenvalue weighted by atomic mass is 9.82. The van der Waals surface area contributed by atoms with Crippen LogP contribution in [0, 0.1) is 5.92 Å². The van der Waals surface area contributed by atoms with E-state index >= 15 is 0 Å². The van der Waals surface area contributed by atoms with Crippen LogP contribution >= 0.6 is 23.2 Å². The van der Waals surface area contributed by atoms with Crippen molar-refractivity contribution in [3.05, 3.63) is 33.8 Å². The quantitative estimate of drug-likeness (QED) is 0.845. The lowest BCUT2D eigenvalue weighted by Crippen LogP contribution is -2.34. The summed E-state index contributed by atoms with van der Waals surface area (Å²) in [7, 11) is 0. The van der Waals surface area contributed by atoms with Crippen molar-refractivity contribution in [2.45, 2.75) is 45.1 Å². The third-order valence-corrected chi connectivity index (χ3v) is 4.39. The Morgan fingerprint density at radius 2 is 2.11 bits per heavy atom. The summed E-state index contributed by atoms with van der Waals surface area (Å²) in [6.45, 7) is 3.25. The predicted octanol–water partition coefficient (Wildman–Crippen LogP) is 4.70. The van der Waals surface area contributed by atoms with Gasteiger partial charge in [0.05, 0.1) is 0 Å². The van der Waals surface area contributed by atoms with Crippen molar-refractivity contribution >= 4 is 23.2 Å². The first-order valence-electron chi connectivity index (χ1n) is 6.86. The van der Waals surface area contributed by atoms with E-state index in [1.165, 1.54) is 31.2 Å². The molecule has 2 atom stereocenters. The molecule has 2 rings (SSSR count). The molecule has 1 nitrogen and oxygen atoms in total. The largest absolute Gasteiger partial charge is 0.314 e. The summed E-state index contributed by atoms with van der Waals surface area (Å²) in [5.74, 6) is 0.751. The Morgan fingerprint density at radius 1 is 1.28 bits per heavy atom. The van der Waals surface area contributed by atoms with Gasteiger partial charge in [-0.3, -0.25) is 0 Å². The molecule has 0 amide bonds. The van der Waals surface area contributed by atoms with Crippen molar-refractivity contribution in [3.8, 4) is 0 Å². The van der Waals surface area contributed by atoms with Crippen molar-refractivity contribution in [2.75, 3.05) is 6.54 Å². The highest BCUT2D eigenvalue weighted by Crippen LogP contribution is 2.30. The maximum Gasteiger partial charge on any atom is 0.0452 e. The summed E-state index contributed by atoms with van der Waals surface area (Å²) in [6.07, 6.45) is 6.32. The number of rotatable bonds is 4. The Morgan fingerprint density at radius 3 is 2.83 bits per heavy atom. The fourth-order valence-corrected chi connectivity index (χ4v) is 3.43. The zero-order chi connectivity index (χ0) is 13.0. The molecule has 3 heteroatoms. The van der Waals surface area contributed by atoms with Crippen LogP contribution in [0.1, 0.15) is 38.2 Å². The highest BCUT2D eigenvalue weighted by Gasteiger charge is 2.22. The second-order valence-electron chi connectivity index (χ2n) is 5.23. The van der Waals surface area contributed by atoms with Gasteiger partial charge in [0, 0.05) is 16.1 Å². The van der Waals surface area contributed by atoms with Crippen molar-refractivity contribution in [1.29, 1.82) is 0 Å². The minimum absolute atomic E-state index is 0.694. The molecule has 1 aliphatic rings. The van der Waals surface area contributed by atoms with Crippen LogP contribution in [0.2, 0.25) is 10.0 Å². The number of benzene rings is 1. The Hall–Kier alpha value is -0.240. The van der Waals surface area contributed by atoms with Crippen molar-refractivity contribution in [3.63, 3.8) is 0 Å². The highest BCUT2D eigenvalue weighted by molar-refractivity contribution is 6.35. The lowest BCUT2D eigenvalue weighted by Gasteiger charge is -2.30. The Kier molecular flexibility index (Phi) is 5.35. The fraction of sp³-hybridized carbons (Fsp3) is 0.600. The molecule has 0 bridgehead atoms. The minimum atomic E-state index is 0.694. The standard InChI is InChI=1S/C15H21Cl2N/c1-2-18-14-5-3-4-11(9-14)8-12-6-7-13(16)10-15(12)17/h6-7,10-11,14,18H,2-5,8-9H2,1H3. The van der Waals surface area contributed by atoms with Gasteiger partial charge >= 0.3 is 0 Å². The number of hydrogen-bond donors (Lipinski definition) is 1. The minimum Gasteiger partial charge on any atom is -0.314 e. The molecule has 0 spiro atoms. The molecule has 1 aliphatic carbocycles. The summed E-state index contributed by atoms with van der Waals surface area (Å²) in [5, 5.41) is 5.10. The monoisotopic (exact) mass is 285 g/mol. The van der Waals surface area contributed by atoms with Gasteiger partial charge in [-0.15, -0.1) is 0 Å². The van der Waals surface area contributed by atoms with Crippen LogP contribution in [-0.2, 0) is 6.42 Å². The number of nitrogens with one attached hydrogen (secondary N) is 1. The Bertz CT molecular complexity index is 390. The molecule has 1 aromatic rings. The van der Waals surface area contributed by atoms with E-state index in [0.717, 1.165) is 28.9 Å². The number of hydrogen-bond acceptors (Lipinski definition) is 1. The van der Waals surface area contributed by atoms with Gasteiger partial charge in [0.25, 0.3) is 0 Å². The van der Waals surface area contributed by atoms with Crippen LogP contribution < -0.4 is 5.32 Å². The molecule has 0 aromatic heterocycles. The molecule has 1 saturated carbocycles. The molecule has 1 N–H and O–H groups in total. The summed E-state index contributed by atoms with van der Waals surface area (Å²) in [5.41, 5.74) is 1.24. The van der Waals surface area contributed by atoms with Gasteiger partial charge in [0.2, 0.25) is 0 Å². The molecule has 1 fully saturated rings. The first kappa shape index (κ1) is 14.2. The molecular formula is C15H21Cl2N. The smallest absolute Gasteiger partial charge is 0.0452 e. The average molecular weight is 286 g/mol. The normalized spacial score (nSPS) is 24.2. The summed E-state index contributed by atoms with van der Waals surface area (Å²) in [4.78, 5) is 0. The van der Waals surface area contributed by atoms with Crippen LogP contribution in [-0.4, -0.2) is 12.6 Å². The molecule has 18 heavy (non-hydrogen) atoms. The van der Waals surface area contributed by atoms with Gasteiger partial charge in [-0.2, -0.15) is 0 Å². The van der Waals surface area contributed by atoms with E-state index in [1.54, 1.807) is 0 Å². The molecule has 0 aliphatic heterocycles. The topological polar surface area (TPSA) is 12.0 Å². The predicted molar refractivity (Wildman–Crippen MR) is 79.6 cm³/mol. The van der Waals surface area contributed by atoms with Crippen LogP contribution in [0.5, 0.6) is 0 Å². The lowest BCUT2D eigenvalue weighted by molar-refractivity contribution is 0.287. The van der Waals surface area contributed by atoms with Crippen molar-refractivity contribution in [1.82, 2.24) is 5.32 Å². The van der Waals surface area contributed by atoms with Crippen LogP contribution in [0.25, 0.3) is 0 Å². The highest BCUT2D eigenvalue weighted by atomic mass is 35.5. The van der Waals surface area contributed by atoms with Gasteiger partial charge in [-0.25, -0.2) is 0 Å². The molecule has 1 aromatic carbocycles. The van der Waals surface area contributed by atoms with Gasteiger partial charge in [0.15, 0.2) is 0 Å². The fourth-order valence-electron chi connectivity index (χ4n) is 2.95. The van der Waals surface area contributed by atoms with Gasteiger partial charge in [0.1, 0.15) is 0 Å². The Labute approximate surface area is 120 Å². The van der Waals surface area contributed by atoms with Gasteiger partial charge in [-0.1, -0.05) is 49.0 Å². The van der Waals surface area contributed by atoms with E-state index in [-0.39, 0.29) is 0 Å². The molecule has 0 heterocycles. The first-order valence-corrected chi connectivity index (χ1v) is 7.62. The van der Waals surface area contributed by atoms with E-state index in [2.05, 4.69) is 18.3 Å². The van der Waals surface area contributed by atoms with Crippen LogP contribution in [0.3, 0.4) is 0 Å². The summed E-state index contributed by atoms with van der Waals surface area (Å²) < 4.78 is 0. The zero-order valence-corrected chi connectivity index (χ0v) is 12.4. The third kappa shape index (κ3) is 3.88. The number of halogens is 2. The summed E-state index contributed by atoms with van der Waals surface area (Å²) in [6, 6.07) is 6.55. The SMILES string of the molecule is CCNC1CCCC(Cc2ccc(Cl)cc2Cl)C1. The average Bonchev–Trinajstić information content (AvgIpc) is 2.34.